The van der Waals surface area contributed by atoms with Crippen LogP contribution in [0.15, 0.2) is 42.5 Å². The minimum absolute atomic E-state index is 0.277. The van der Waals surface area contributed by atoms with Crippen LogP contribution in [0.25, 0.3) is 16.9 Å². The van der Waals surface area contributed by atoms with Crippen molar-refractivity contribution < 1.29 is 9.53 Å². The Labute approximate surface area is 174 Å². The molecule has 7 nitrogen and oxygen atoms in total. The number of nitrogens with zero attached hydrogens (tertiary/aromatic N) is 5. The van der Waals surface area contributed by atoms with Crippen LogP contribution in [0.5, 0.6) is 0 Å². The lowest BCUT2D eigenvalue weighted by Gasteiger charge is -2.36. The molecule has 0 bridgehead atoms. The van der Waals surface area contributed by atoms with E-state index in [-0.39, 0.29) is 6.09 Å². The van der Waals surface area contributed by atoms with E-state index < -0.39 is 5.60 Å². The van der Waals surface area contributed by atoms with Gasteiger partial charge < -0.3 is 14.5 Å². The molecule has 0 radical (unpaired) electrons. The van der Waals surface area contributed by atoms with E-state index in [0.717, 1.165) is 17.1 Å². The Bertz CT molecular complexity index is 1020. The monoisotopic (exact) mass is 413 g/mol. The maximum Gasteiger partial charge on any atom is 0.410 e. The lowest BCUT2D eigenvalue weighted by Crippen LogP contribution is -2.50. The van der Waals surface area contributed by atoms with Crippen molar-refractivity contribution in [2.45, 2.75) is 26.4 Å². The minimum atomic E-state index is -0.498. The van der Waals surface area contributed by atoms with E-state index in [4.69, 9.17) is 21.4 Å². The summed E-state index contributed by atoms with van der Waals surface area (Å²) in [4.78, 5) is 20.6. The van der Waals surface area contributed by atoms with E-state index in [9.17, 15) is 4.79 Å². The maximum atomic E-state index is 12.3. The summed E-state index contributed by atoms with van der Waals surface area (Å²) < 4.78 is 7.30. The van der Waals surface area contributed by atoms with Crippen LogP contribution < -0.4 is 4.90 Å². The van der Waals surface area contributed by atoms with E-state index in [1.807, 2.05) is 67.8 Å². The Morgan fingerprint density at radius 2 is 1.76 bits per heavy atom. The van der Waals surface area contributed by atoms with Gasteiger partial charge in [0, 0.05) is 43.9 Å². The molecule has 3 aromatic rings. The van der Waals surface area contributed by atoms with Gasteiger partial charge in [0.25, 0.3) is 0 Å². The smallest absolute Gasteiger partial charge is 0.410 e. The molecule has 2 aromatic heterocycles. The number of carbonyl (C=O) groups is 1. The molecule has 8 heteroatoms. The summed E-state index contributed by atoms with van der Waals surface area (Å²) in [7, 11) is 0. The molecule has 0 aliphatic carbocycles. The predicted molar refractivity (Wildman–Crippen MR) is 113 cm³/mol. The van der Waals surface area contributed by atoms with Gasteiger partial charge >= 0.3 is 6.09 Å². The average molecular weight is 414 g/mol. The molecule has 1 aromatic carbocycles. The quantitative estimate of drug-likeness (QED) is 0.591. The zero-order valence-electron chi connectivity index (χ0n) is 16.8. The summed E-state index contributed by atoms with van der Waals surface area (Å²) in [5.41, 5.74) is 2.06. The second-order valence-corrected chi connectivity index (χ2v) is 8.44. The maximum absolute atomic E-state index is 12.3. The van der Waals surface area contributed by atoms with Crippen molar-refractivity contribution in [1.82, 2.24) is 19.5 Å². The largest absolute Gasteiger partial charge is 0.444 e. The zero-order chi connectivity index (χ0) is 20.6. The third kappa shape index (κ3) is 4.29. The van der Waals surface area contributed by atoms with Crippen molar-refractivity contribution >= 4 is 29.2 Å². The number of halogens is 1. The van der Waals surface area contributed by atoms with Crippen LogP contribution in [0.1, 0.15) is 20.8 Å². The number of aromatic nitrogens is 3. The summed E-state index contributed by atoms with van der Waals surface area (Å²) in [6.45, 7) is 8.09. The van der Waals surface area contributed by atoms with Gasteiger partial charge in [-0.05, 0) is 20.8 Å². The highest BCUT2D eigenvalue weighted by molar-refractivity contribution is 6.29. The predicted octanol–water partition coefficient (Wildman–Crippen LogP) is 4.11. The fourth-order valence-electron chi connectivity index (χ4n) is 3.35. The van der Waals surface area contributed by atoms with Gasteiger partial charge in [0.15, 0.2) is 5.65 Å². The third-order valence-corrected chi connectivity index (χ3v) is 4.90. The molecule has 1 fully saturated rings. The van der Waals surface area contributed by atoms with Crippen molar-refractivity contribution in [3.8, 4) is 11.3 Å². The molecule has 0 N–H and O–H groups in total. The van der Waals surface area contributed by atoms with Crippen molar-refractivity contribution in [2.75, 3.05) is 31.1 Å². The summed E-state index contributed by atoms with van der Waals surface area (Å²) in [5, 5.41) is 5.17. The van der Waals surface area contributed by atoms with Crippen LogP contribution in [-0.4, -0.2) is 57.4 Å². The third-order valence-electron chi connectivity index (χ3n) is 4.70. The van der Waals surface area contributed by atoms with Crippen LogP contribution in [0.2, 0.25) is 5.15 Å². The number of ether oxygens (including phenoxy) is 1. The molecule has 1 saturated heterocycles. The zero-order valence-corrected chi connectivity index (χ0v) is 17.6. The molecule has 0 saturated carbocycles. The Hall–Kier alpha value is -2.80. The van der Waals surface area contributed by atoms with Crippen molar-refractivity contribution in [3.63, 3.8) is 0 Å². The van der Waals surface area contributed by atoms with Gasteiger partial charge in [-0.2, -0.15) is 9.61 Å². The second-order valence-electron chi connectivity index (χ2n) is 8.06. The number of piperazine rings is 1. The van der Waals surface area contributed by atoms with Gasteiger partial charge in [0.1, 0.15) is 16.6 Å². The summed E-state index contributed by atoms with van der Waals surface area (Å²) >= 11 is 6.29. The van der Waals surface area contributed by atoms with Gasteiger partial charge in [-0.3, -0.25) is 0 Å². The van der Waals surface area contributed by atoms with E-state index in [1.54, 1.807) is 4.90 Å². The highest BCUT2D eigenvalue weighted by Crippen LogP contribution is 2.26. The Morgan fingerprint density at radius 3 is 2.41 bits per heavy atom. The van der Waals surface area contributed by atoms with Crippen molar-refractivity contribution in [2.24, 2.45) is 0 Å². The van der Waals surface area contributed by atoms with Gasteiger partial charge in [0.2, 0.25) is 0 Å². The first-order valence-electron chi connectivity index (χ1n) is 9.65. The summed E-state index contributed by atoms with van der Waals surface area (Å²) in [6.07, 6.45) is -0.277. The van der Waals surface area contributed by atoms with E-state index in [2.05, 4.69) is 9.88 Å². The first kappa shape index (κ1) is 19.5. The van der Waals surface area contributed by atoms with Crippen molar-refractivity contribution in [1.29, 1.82) is 0 Å². The molecule has 1 amide bonds. The molecular weight excluding hydrogens is 390 g/mol. The van der Waals surface area contributed by atoms with Gasteiger partial charge in [0.05, 0.1) is 5.69 Å². The molecule has 0 unspecified atom stereocenters. The SMILES string of the molecule is CC(C)(C)OC(=O)N1CCN(c2cc(Cl)nc3cc(-c4ccccc4)nn23)CC1. The first-order valence-corrected chi connectivity index (χ1v) is 10.0. The number of hydrogen-bond donors (Lipinski definition) is 0. The highest BCUT2D eigenvalue weighted by atomic mass is 35.5. The van der Waals surface area contributed by atoms with E-state index in [1.165, 1.54) is 0 Å². The fraction of sp³-hybridized carbons (Fsp3) is 0.381. The molecule has 0 atom stereocenters. The Balaban J connectivity index is 1.57. The molecule has 1 aliphatic rings. The van der Waals surface area contributed by atoms with Gasteiger partial charge in [-0.15, -0.1) is 0 Å². The lowest BCUT2D eigenvalue weighted by molar-refractivity contribution is 0.0240. The fourth-order valence-corrected chi connectivity index (χ4v) is 3.53. The minimum Gasteiger partial charge on any atom is -0.444 e. The topological polar surface area (TPSA) is 63.0 Å². The molecule has 152 valence electrons. The lowest BCUT2D eigenvalue weighted by atomic mass is 10.2. The number of amides is 1. The molecule has 1 aliphatic heterocycles. The Kier molecular flexibility index (Phi) is 5.08. The number of carbonyl (C=O) groups excluding carboxylic acids is 1. The molecule has 4 rings (SSSR count). The van der Waals surface area contributed by atoms with E-state index >= 15 is 0 Å². The molecule has 3 heterocycles. The number of hydrogen-bond acceptors (Lipinski definition) is 5. The molecule has 0 spiro atoms. The first-order chi connectivity index (χ1) is 13.8. The number of anilines is 1. The normalized spacial score (nSPS) is 15.0. The van der Waals surface area contributed by atoms with Crippen LogP contribution in [0.4, 0.5) is 10.6 Å². The second kappa shape index (κ2) is 7.55. The number of benzene rings is 1. The van der Waals surface area contributed by atoms with Crippen LogP contribution in [0.3, 0.4) is 0 Å². The summed E-state index contributed by atoms with van der Waals surface area (Å²) in [6, 6.07) is 13.7. The van der Waals surface area contributed by atoms with Gasteiger partial charge in [-0.1, -0.05) is 41.9 Å². The van der Waals surface area contributed by atoms with Crippen molar-refractivity contribution in [3.05, 3.63) is 47.6 Å². The van der Waals surface area contributed by atoms with Gasteiger partial charge in [-0.25, -0.2) is 9.78 Å². The van der Waals surface area contributed by atoms with Crippen LogP contribution >= 0.6 is 11.6 Å². The standard InChI is InChI=1S/C21H24ClN5O2/c1-21(2,3)29-20(28)26-11-9-25(10-12-26)19-14-17(22)23-18-13-16(24-27(18)19)15-7-5-4-6-8-15/h4-8,13-14H,9-12H2,1-3H3. The van der Waals surface area contributed by atoms with Crippen LogP contribution in [0, 0.1) is 0 Å². The highest BCUT2D eigenvalue weighted by Gasteiger charge is 2.27. The van der Waals surface area contributed by atoms with E-state index in [0.29, 0.717) is 37.0 Å². The molecule has 29 heavy (non-hydrogen) atoms. The number of rotatable bonds is 2. The molecular formula is C21H24ClN5O2. The average Bonchev–Trinajstić information content (AvgIpc) is 3.11. The number of fused-ring (bicyclic) bond motifs is 1. The van der Waals surface area contributed by atoms with Crippen LogP contribution in [-0.2, 0) is 4.74 Å². The summed E-state index contributed by atoms with van der Waals surface area (Å²) in [5.74, 6) is 0.867. The Morgan fingerprint density at radius 1 is 1.07 bits per heavy atom.